The van der Waals surface area contributed by atoms with Gasteiger partial charge in [0.25, 0.3) is 0 Å². The molecule has 5 rings (SSSR count). The first-order chi connectivity index (χ1) is 11.8. The summed E-state index contributed by atoms with van der Waals surface area (Å²) in [6.07, 6.45) is 3.08. The Morgan fingerprint density at radius 2 is 1.96 bits per heavy atom. The minimum atomic E-state index is -0.558. The van der Waals surface area contributed by atoms with E-state index < -0.39 is 6.10 Å². The Hall–Kier alpha value is -2.10. The molecule has 3 aromatic rings. The number of aromatic nitrogens is 1. The summed E-state index contributed by atoms with van der Waals surface area (Å²) in [5.74, 6) is 0. The molecule has 2 N–H and O–H groups in total. The summed E-state index contributed by atoms with van der Waals surface area (Å²) >= 11 is 0. The number of fused-ring (bicyclic) bond motifs is 3. The summed E-state index contributed by atoms with van der Waals surface area (Å²) in [6.45, 7) is 2.10. The van der Waals surface area contributed by atoms with E-state index in [0.29, 0.717) is 6.04 Å². The van der Waals surface area contributed by atoms with E-state index in [2.05, 4.69) is 28.1 Å². The first-order valence-corrected chi connectivity index (χ1v) is 8.94. The molecule has 122 valence electrons. The molecule has 1 aromatic heterocycles. The number of nitrogens with one attached hydrogen (secondary N) is 1. The van der Waals surface area contributed by atoms with Crippen molar-refractivity contribution in [2.45, 2.75) is 38.0 Å². The summed E-state index contributed by atoms with van der Waals surface area (Å²) in [5, 5.41) is 15.8. The van der Waals surface area contributed by atoms with Crippen LogP contribution in [0.25, 0.3) is 10.9 Å². The van der Waals surface area contributed by atoms with Crippen LogP contribution in [0.2, 0.25) is 0 Å². The van der Waals surface area contributed by atoms with E-state index in [-0.39, 0.29) is 0 Å². The Balaban J connectivity index is 1.67. The van der Waals surface area contributed by atoms with E-state index in [0.717, 1.165) is 30.6 Å². The molecule has 3 heteroatoms. The molecule has 0 bridgehead atoms. The molecule has 0 unspecified atom stereocenters. The van der Waals surface area contributed by atoms with Gasteiger partial charge in [-0.2, -0.15) is 0 Å². The lowest BCUT2D eigenvalue weighted by Gasteiger charge is -2.31. The summed E-state index contributed by atoms with van der Waals surface area (Å²) < 4.78 is 2.50. The molecule has 3 nitrogen and oxygen atoms in total. The monoisotopic (exact) mass is 318 g/mol. The summed E-state index contributed by atoms with van der Waals surface area (Å²) in [5.41, 5.74) is 6.26. The Kier molecular flexibility index (Phi) is 3.25. The van der Waals surface area contributed by atoms with Crippen LogP contribution in [0.3, 0.4) is 0 Å². The van der Waals surface area contributed by atoms with Gasteiger partial charge in [-0.15, -0.1) is 0 Å². The number of rotatable bonds is 2. The average molecular weight is 318 g/mol. The van der Waals surface area contributed by atoms with Crippen LogP contribution in [-0.2, 0) is 13.0 Å². The van der Waals surface area contributed by atoms with E-state index >= 15 is 0 Å². The maximum absolute atomic E-state index is 10.8. The molecule has 2 atom stereocenters. The molecular weight excluding hydrogens is 296 g/mol. The predicted molar refractivity (Wildman–Crippen MR) is 96.1 cm³/mol. The second-order valence-corrected chi connectivity index (χ2v) is 7.00. The van der Waals surface area contributed by atoms with Gasteiger partial charge in [0.1, 0.15) is 6.10 Å². The van der Waals surface area contributed by atoms with E-state index in [9.17, 15) is 5.11 Å². The number of aliphatic hydroxyl groups excluding tert-OH is 1. The van der Waals surface area contributed by atoms with Crippen LogP contribution in [0.15, 0.2) is 48.5 Å². The highest BCUT2D eigenvalue weighted by molar-refractivity contribution is 5.87. The van der Waals surface area contributed by atoms with Gasteiger partial charge in [-0.1, -0.05) is 36.4 Å². The van der Waals surface area contributed by atoms with Crippen molar-refractivity contribution in [2.75, 3.05) is 6.54 Å². The molecule has 0 spiro atoms. The van der Waals surface area contributed by atoms with Gasteiger partial charge in [0.05, 0.1) is 0 Å². The van der Waals surface area contributed by atoms with Crippen LogP contribution in [0.4, 0.5) is 0 Å². The molecule has 2 heterocycles. The summed E-state index contributed by atoms with van der Waals surface area (Å²) in [7, 11) is 0. The predicted octanol–water partition coefficient (Wildman–Crippen LogP) is 3.70. The third kappa shape index (κ3) is 2.05. The lowest BCUT2D eigenvalue weighted by molar-refractivity contribution is 0.220. The third-order valence-corrected chi connectivity index (χ3v) is 5.64. The fourth-order valence-electron chi connectivity index (χ4n) is 4.53. The number of hydrogen-bond acceptors (Lipinski definition) is 2. The highest BCUT2D eigenvalue weighted by atomic mass is 16.3. The molecule has 0 radical (unpaired) electrons. The lowest BCUT2D eigenvalue weighted by atomic mass is 9.90. The first kappa shape index (κ1) is 14.3. The summed E-state index contributed by atoms with van der Waals surface area (Å²) in [4.78, 5) is 0. The van der Waals surface area contributed by atoms with Crippen LogP contribution in [0, 0.1) is 0 Å². The van der Waals surface area contributed by atoms with Crippen LogP contribution < -0.4 is 5.32 Å². The van der Waals surface area contributed by atoms with Crippen molar-refractivity contribution in [2.24, 2.45) is 0 Å². The van der Waals surface area contributed by atoms with Gasteiger partial charge in [-0.05, 0) is 48.1 Å². The lowest BCUT2D eigenvalue weighted by Crippen LogP contribution is -2.35. The summed E-state index contributed by atoms with van der Waals surface area (Å²) in [6, 6.07) is 16.9. The first-order valence-electron chi connectivity index (χ1n) is 8.94. The van der Waals surface area contributed by atoms with Crippen molar-refractivity contribution in [3.63, 3.8) is 0 Å². The van der Waals surface area contributed by atoms with Gasteiger partial charge >= 0.3 is 0 Å². The third-order valence-electron chi connectivity index (χ3n) is 5.64. The Bertz CT molecular complexity index is 895. The molecule has 1 aliphatic heterocycles. The van der Waals surface area contributed by atoms with Crippen LogP contribution in [0.5, 0.6) is 0 Å². The van der Waals surface area contributed by atoms with Crippen LogP contribution in [0.1, 0.15) is 47.4 Å². The number of nitrogens with zero attached hydrogens (tertiary/aromatic N) is 1. The minimum Gasteiger partial charge on any atom is -0.384 e. The van der Waals surface area contributed by atoms with Crippen LogP contribution in [-0.4, -0.2) is 16.2 Å². The fourth-order valence-corrected chi connectivity index (χ4v) is 4.53. The highest BCUT2D eigenvalue weighted by Crippen LogP contribution is 2.40. The largest absolute Gasteiger partial charge is 0.384 e. The Labute approximate surface area is 141 Å². The zero-order valence-corrected chi connectivity index (χ0v) is 13.7. The Morgan fingerprint density at radius 1 is 1.08 bits per heavy atom. The normalized spacial score (nSPS) is 20.8. The van der Waals surface area contributed by atoms with Crippen molar-refractivity contribution in [1.82, 2.24) is 9.88 Å². The SMILES string of the molecule is O[C@@H](c1ccccc1)c1ccc2c(c1)c1c3n2CCN[C@@H]3CCC1. The molecule has 24 heavy (non-hydrogen) atoms. The topological polar surface area (TPSA) is 37.2 Å². The van der Waals surface area contributed by atoms with Crippen molar-refractivity contribution in [3.8, 4) is 0 Å². The molecular formula is C21H22N2O. The molecule has 0 fully saturated rings. The highest BCUT2D eigenvalue weighted by Gasteiger charge is 2.30. The maximum atomic E-state index is 10.8. The number of hydrogen-bond donors (Lipinski definition) is 2. The average Bonchev–Trinajstić information content (AvgIpc) is 2.98. The van der Waals surface area contributed by atoms with E-state index in [1.807, 2.05) is 30.3 Å². The smallest absolute Gasteiger partial charge is 0.104 e. The van der Waals surface area contributed by atoms with Gasteiger partial charge in [0.2, 0.25) is 0 Å². The molecule has 1 aliphatic carbocycles. The van der Waals surface area contributed by atoms with Gasteiger partial charge in [-0.25, -0.2) is 0 Å². The van der Waals surface area contributed by atoms with Gasteiger partial charge in [0.15, 0.2) is 0 Å². The number of benzene rings is 2. The quantitative estimate of drug-likeness (QED) is 0.756. The van der Waals surface area contributed by atoms with E-state index in [1.165, 1.54) is 35.0 Å². The molecule has 2 aliphatic rings. The van der Waals surface area contributed by atoms with Gasteiger partial charge < -0.3 is 15.0 Å². The zero-order chi connectivity index (χ0) is 16.1. The Morgan fingerprint density at radius 3 is 2.83 bits per heavy atom. The second-order valence-electron chi connectivity index (χ2n) is 7.00. The van der Waals surface area contributed by atoms with Gasteiger partial charge in [0, 0.05) is 35.7 Å². The molecule has 0 amide bonds. The van der Waals surface area contributed by atoms with Crippen molar-refractivity contribution in [1.29, 1.82) is 0 Å². The second kappa shape index (κ2) is 5.47. The van der Waals surface area contributed by atoms with Crippen molar-refractivity contribution in [3.05, 3.63) is 70.9 Å². The van der Waals surface area contributed by atoms with Crippen molar-refractivity contribution < 1.29 is 5.11 Å². The number of aliphatic hydroxyl groups is 1. The zero-order valence-electron chi connectivity index (χ0n) is 13.7. The standard InChI is InChI=1S/C21H22N2O/c24-21(14-5-2-1-3-6-14)15-9-10-19-17(13-15)16-7-4-8-18-20(16)23(19)12-11-22-18/h1-3,5-6,9-10,13,18,21-22,24H,4,7-8,11-12H2/t18-,21+/m1/s1. The van der Waals surface area contributed by atoms with E-state index in [1.54, 1.807) is 0 Å². The van der Waals surface area contributed by atoms with E-state index in [4.69, 9.17) is 0 Å². The molecule has 0 saturated heterocycles. The molecule has 2 aromatic carbocycles. The van der Waals surface area contributed by atoms with Gasteiger partial charge in [-0.3, -0.25) is 0 Å². The fraction of sp³-hybridized carbons (Fsp3) is 0.333. The number of aryl methyl sites for hydroxylation is 1. The maximum Gasteiger partial charge on any atom is 0.104 e. The van der Waals surface area contributed by atoms with Crippen molar-refractivity contribution >= 4 is 10.9 Å². The minimum absolute atomic E-state index is 0.511. The van der Waals surface area contributed by atoms with Crippen LogP contribution >= 0.6 is 0 Å². The molecule has 0 saturated carbocycles.